The summed E-state index contributed by atoms with van der Waals surface area (Å²) in [5.41, 5.74) is 0.863. The van der Waals surface area contributed by atoms with Gasteiger partial charge < -0.3 is 14.8 Å². The second kappa shape index (κ2) is 6.71. The molecule has 2 aromatic rings. The predicted molar refractivity (Wildman–Crippen MR) is 88.9 cm³/mol. The predicted octanol–water partition coefficient (Wildman–Crippen LogP) is 1.85. The van der Waals surface area contributed by atoms with Gasteiger partial charge in [0.1, 0.15) is 0 Å². The summed E-state index contributed by atoms with van der Waals surface area (Å²) in [5.74, 6) is 0.805. The van der Waals surface area contributed by atoms with E-state index in [-0.39, 0.29) is 17.6 Å². The highest BCUT2D eigenvalue weighted by molar-refractivity contribution is 7.89. The van der Waals surface area contributed by atoms with Crippen LogP contribution >= 0.6 is 0 Å². The van der Waals surface area contributed by atoms with Crippen molar-refractivity contribution in [2.24, 2.45) is 0 Å². The van der Waals surface area contributed by atoms with Crippen LogP contribution in [0, 0.1) is 0 Å². The zero-order chi connectivity index (χ0) is 18.0. The van der Waals surface area contributed by atoms with Gasteiger partial charge in [0, 0.05) is 24.4 Å². The van der Waals surface area contributed by atoms with Gasteiger partial charge in [-0.05, 0) is 36.4 Å². The third-order valence-electron chi connectivity index (χ3n) is 3.64. The van der Waals surface area contributed by atoms with E-state index in [2.05, 4.69) is 5.32 Å². The molecule has 2 aromatic carbocycles. The van der Waals surface area contributed by atoms with Crippen molar-refractivity contribution in [2.75, 3.05) is 26.3 Å². The Labute approximate surface area is 144 Å². The van der Waals surface area contributed by atoms with E-state index in [4.69, 9.17) is 14.3 Å². The van der Waals surface area contributed by atoms with Crippen molar-refractivity contribution < 1.29 is 27.5 Å². The Kier molecular flexibility index (Phi) is 4.62. The minimum absolute atomic E-state index is 0.0245. The average Bonchev–Trinajstić information content (AvgIpc) is 3.08. The molecule has 1 heterocycles. The van der Waals surface area contributed by atoms with Crippen molar-refractivity contribution in [3.63, 3.8) is 0 Å². The van der Waals surface area contributed by atoms with Crippen LogP contribution < -0.4 is 14.8 Å². The Morgan fingerprint density at radius 1 is 1.12 bits per heavy atom. The Hall–Kier alpha value is -2.62. The van der Waals surface area contributed by atoms with Crippen molar-refractivity contribution in [1.29, 1.82) is 0 Å². The first kappa shape index (κ1) is 17.2. The van der Waals surface area contributed by atoms with Crippen LogP contribution in [-0.4, -0.2) is 39.7 Å². The summed E-state index contributed by atoms with van der Waals surface area (Å²) in [6, 6.07) is 10.6. The molecule has 1 N–H and O–H groups in total. The quantitative estimate of drug-likeness (QED) is 0.814. The van der Waals surface area contributed by atoms with Gasteiger partial charge in [0.15, 0.2) is 11.5 Å². The summed E-state index contributed by atoms with van der Waals surface area (Å²) in [6.07, 6.45) is 0. The lowest BCUT2D eigenvalue weighted by Crippen LogP contribution is -2.25. The third kappa shape index (κ3) is 3.43. The number of fused-ring (bicyclic) bond motifs is 1. The molecule has 0 spiro atoms. The van der Waals surface area contributed by atoms with E-state index in [0.717, 1.165) is 4.47 Å². The van der Waals surface area contributed by atoms with E-state index < -0.39 is 10.0 Å². The van der Waals surface area contributed by atoms with Crippen molar-refractivity contribution in [3.05, 3.63) is 48.0 Å². The Balaban J connectivity index is 1.75. The lowest BCUT2D eigenvalue weighted by atomic mass is 10.2. The number of anilines is 1. The Morgan fingerprint density at radius 2 is 1.80 bits per heavy atom. The number of sulfonamides is 1. The topological polar surface area (TPSA) is 94.2 Å². The molecule has 0 aromatic heterocycles. The Morgan fingerprint density at radius 3 is 2.48 bits per heavy atom. The van der Waals surface area contributed by atoms with Gasteiger partial charge in [0.05, 0.1) is 12.0 Å². The monoisotopic (exact) mass is 364 g/mol. The summed E-state index contributed by atoms with van der Waals surface area (Å²) in [7, 11) is -1.21. The van der Waals surface area contributed by atoms with Gasteiger partial charge in [-0.25, -0.2) is 8.42 Å². The smallest absolute Gasteiger partial charge is 0.264 e. The number of carbonyl (C=O) groups excluding carboxylic acids is 1. The largest absolute Gasteiger partial charge is 0.454 e. The van der Waals surface area contributed by atoms with Crippen LogP contribution in [-0.2, 0) is 14.9 Å². The number of nitrogens with one attached hydrogen (secondary N) is 1. The normalized spacial score (nSPS) is 13.1. The standard InChI is InChI=1S/C16H16N2O6S/c1-18(22-2)25(20,21)13-6-3-11(4-7-13)16(19)17-12-5-8-14-15(9-12)24-10-23-14/h3-9H,10H2,1-2H3,(H,17,19). The van der Waals surface area contributed by atoms with Crippen LogP contribution in [0.2, 0.25) is 0 Å². The maximum Gasteiger partial charge on any atom is 0.264 e. The number of benzene rings is 2. The van der Waals surface area contributed by atoms with Crippen LogP contribution in [0.15, 0.2) is 47.4 Å². The summed E-state index contributed by atoms with van der Waals surface area (Å²) in [5, 5.41) is 2.72. The van der Waals surface area contributed by atoms with Crippen molar-refractivity contribution in [1.82, 2.24) is 4.47 Å². The highest BCUT2D eigenvalue weighted by Crippen LogP contribution is 2.34. The SMILES string of the molecule is CON(C)S(=O)(=O)c1ccc(C(=O)Nc2ccc3c(c2)OCO3)cc1. The highest BCUT2D eigenvalue weighted by atomic mass is 32.2. The Bertz CT molecular complexity index is 895. The molecule has 1 aliphatic heterocycles. The molecule has 0 radical (unpaired) electrons. The number of hydrogen-bond donors (Lipinski definition) is 1. The van der Waals surface area contributed by atoms with Crippen LogP contribution in [0.5, 0.6) is 11.5 Å². The lowest BCUT2D eigenvalue weighted by Gasteiger charge is -2.14. The number of carbonyl (C=O) groups is 1. The molecule has 3 rings (SSSR count). The van der Waals surface area contributed by atoms with Crippen molar-refractivity contribution in [2.45, 2.75) is 4.90 Å². The zero-order valence-corrected chi connectivity index (χ0v) is 14.4. The molecule has 9 heteroatoms. The molecule has 25 heavy (non-hydrogen) atoms. The minimum atomic E-state index is -3.75. The summed E-state index contributed by atoms with van der Waals surface area (Å²) in [4.78, 5) is 17.0. The van der Waals surface area contributed by atoms with Crippen LogP contribution in [0.3, 0.4) is 0 Å². The molecule has 0 fully saturated rings. The maximum atomic E-state index is 12.3. The third-order valence-corrected chi connectivity index (χ3v) is 5.33. The fourth-order valence-electron chi connectivity index (χ4n) is 2.20. The van der Waals surface area contributed by atoms with E-state index in [1.165, 1.54) is 38.4 Å². The molecular weight excluding hydrogens is 348 g/mol. The van der Waals surface area contributed by atoms with Gasteiger partial charge in [-0.2, -0.15) is 0 Å². The molecule has 1 aliphatic rings. The van der Waals surface area contributed by atoms with Gasteiger partial charge >= 0.3 is 0 Å². The number of ether oxygens (including phenoxy) is 2. The summed E-state index contributed by atoms with van der Waals surface area (Å²) >= 11 is 0. The van der Waals surface area contributed by atoms with Gasteiger partial charge in [-0.1, -0.05) is 4.47 Å². The average molecular weight is 364 g/mol. The first-order valence-electron chi connectivity index (χ1n) is 7.26. The van der Waals surface area contributed by atoms with Gasteiger partial charge in [0.2, 0.25) is 6.79 Å². The highest BCUT2D eigenvalue weighted by Gasteiger charge is 2.21. The van der Waals surface area contributed by atoms with Gasteiger partial charge in [0.25, 0.3) is 15.9 Å². The van der Waals surface area contributed by atoms with Gasteiger partial charge in [-0.3, -0.25) is 9.63 Å². The minimum Gasteiger partial charge on any atom is -0.454 e. The number of nitrogens with zero attached hydrogens (tertiary/aromatic N) is 1. The maximum absolute atomic E-state index is 12.3. The molecule has 0 saturated carbocycles. The number of rotatable bonds is 5. The zero-order valence-electron chi connectivity index (χ0n) is 13.6. The molecule has 8 nitrogen and oxygen atoms in total. The number of hydrogen-bond acceptors (Lipinski definition) is 6. The molecule has 0 aliphatic carbocycles. The van der Waals surface area contributed by atoms with Crippen molar-refractivity contribution in [3.8, 4) is 11.5 Å². The number of amides is 1. The van der Waals surface area contributed by atoms with Crippen LogP contribution in [0.4, 0.5) is 5.69 Å². The van der Waals surface area contributed by atoms with E-state index in [0.29, 0.717) is 22.7 Å². The molecule has 1 amide bonds. The van der Waals surface area contributed by atoms with E-state index in [9.17, 15) is 13.2 Å². The van der Waals surface area contributed by atoms with E-state index >= 15 is 0 Å². The first-order chi connectivity index (χ1) is 11.9. The van der Waals surface area contributed by atoms with E-state index in [1.807, 2.05) is 0 Å². The molecule has 0 unspecified atom stereocenters. The fourth-order valence-corrected chi connectivity index (χ4v) is 3.18. The molecule has 0 saturated heterocycles. The first-order valence-corrected chi connectivity index (χ1v) is 8.70. The molecule has 132 valence electrons. The van der Waals surface area contributed by atoms with Crippen molar-refractivity contribution >= 4 is 21.6 Å². The van der Waals surface area contributed by atoms with Crippen LogP contribution in [0.1, 0.15) is 10.4 Å². The fraction of sp³-hybridized carbons (Fsp3) is 0.188. The summed E-state index contributed by atoms with van der Waals surface area (Å²) in [6.45, 7) is 0.151. The summed E-state index contributed by atoms with van der Waals surface area (Å²) < 4.78 is 35.4. The second-order valence-corrected chi connectivity index (χ2v) is 7.08. The lowest BCUT2D eigenvalue weighted by molar-refractivity contribution is -0.0258. The molecular formula is C16H16N2O6S. The van der Waals surface area contributed by atoms with Crippen LogP contribution in [0.25, 0.3) is 0 Å². The number of hydroxylamine groups is 1. The van der Waals surface area contributed by atoms with Gasteiger partial charge in [-0.15, -0.1) is 0 Å². The molecule has 0 bridgehead atoms. The molecule has 0 atom stereocenters. The second-order valence-electron chi connectivity index (χ2n) is 5.14. The van der Waals surface area contributed by atoms with E-state index in [1.54, 1.807) is 18.2 Å².